The Labute approximate surface area is 177 Å². The van der Waals surface area contributed by atoms with Gasteiger partial charge in [-0.05, 0) is 44.6 Å². The fraction of sp³-hybridized carbons (Fsp3) is 0.636. The summed E-state index contributed by atoms with van der Waals surface area (Å²) in [6.45, 7) is 4.25. The first kappa shape index (κ1) is 19.5. The van der Waals surface area contributed by atoms with Gasteiger partial charge in [0.25, 0.3) is 5.91 Å². The van der Waals surface area contributed by atoms with Crippen LogP contribution in [0.4, 0.5) is 5.95 Å². The third-order valence-electron chi connectivity index (χ3n) is 6.49. The number of aryl methyl sites for hydroxylation is 1. The zero-order valence-electron chi connectivity index (χ0n) is 17.7. The van der Waals surface area contributed by atoms with Gasteiger partial charge in [-0.1, -0.05) is 0 Å². The molecule has 0 aliphatic carbocycles. The van der Waals surface area contributed by atoms with Gasteiger partial charge >= 0.3 is 0 Å². The Morgan fingerprint density at radius 3 is 2.80 bits per heavy atom. The van der Waals surface area contributed by atoms with E-state index in [1.807, 2.05) is 35.1 Å². The van der Waals surface area contributed by atoms with Gasteiger partial charge in [-0.2, -0.15) is 5.10 Å². The molecule has 8 heteroatoms. The summed E-state index contributed by atoms with van der Waals surface area (Å²) in [7, 11) is 1.95. The number of amides is 1. The van der Waals surface area contributed by atoms with E-state index < -0.39 is 0 Å². The average molecular weight is 411 g/mol. The minimum Gasteiger partial charge on any atom is -0.368 e. The van der Waals surface area contributed by atoms with Crippen LogP contribution in [0.15, 0.2) is 18.5 Å². The van der Waals surface area contributed by atoms with Crippen LogP contribution in [0.5, 0.6) is 0 Å². The lowest BCUT2D eigenvalue weighted by Crippen LogP contribution is -2.44. The molecular weight excluding hydrogens is 380 g/mol. The summed E-state index contributed by atoms with van der Waals surface area (Å²) in [6.07, 6.45) is 9.88. The molecule has 3 aliphatic heterocycles. The first-order chi connectivity index (χ1) is 14.7. The standard InChI is InChI=1S/C22H30N6O2/c1-26-15-17(18-8-9-23-22(24-18)27-10-2-3-11-27)20(25-26)16-6-4-12-28(14-16)21(29)19-7-5-13-30-19/h8-9,15-16,19H,2-7,10-14H2,1H3/t16-,19-/m1/s1. The topological polar surface area (TPSA) is 76.4 Å². The smallest absolute Gasteiger partial charge is 0.251 e. The van der Waals surface area contributed by atoms with Crippen molar-refractivity contribution in [3.05, 3.63) is 24.2 Å². The molecule has 3 saturated heterocycles. The van der Waals surface area contributed by atoms with Crippen molar-refractivity contribution in [3.63, 3.8) is 0 Å². The Morgan fingerprint density at radius 1 is 1.13 bits per heavy atom. The number of anilines is 1. The number of hydrogen-bond acceptors (Lipinski definition) is 6. The second-order valence-corrected chi connectivity index (χ2v) is 8.66. The maximum atomic E-state index is 12.9. The molecule has 0 spiro atoms. The molecule has 5 rings (SSSR count). The molecule has 0 unspecified atom stereocenters. The zero-order valence-corrected chi connectivity index (χ0v) is 17.7. The van der Waals surface area contributed by atoms with Crippen LogP contribution in [0, 0.1) is 0 Å². The summed E-state index contributed by atoms with van der Waals surface area (Å²) < 4.78 is 7.50. The van der Waals surface area contributed by atoms with Gasteiger partial charge in [-0.3, -0.25) is 9.48 Å². The van der Waals surface area contributed by atoms with E-state index >= 15 is 0 Å². The minimum atomic E-state index is -0.253. The van der Waals surface area contributed by atoms with E-state index in [4.69, 9.17) is 14.8 Å². The Hall–Kier alpha value is -2.48. The van der Waals surface area contributed by atoms with Crippen molar-refractivity contribution in [2.75, 3.05) is 37.7 Å². The highest BCUT2D eigenvalue weighted by Crippen LogP contribution is 2.34. The van der Waals surface area contributed by atoms with Crippen LogP contribution in [-0.2, 0) is 16.6 Å². The fourth-order valence-corrected chi connectivity index (χ4v) is 4.95. The second-order valence-electron chi connectivity index (χ2n) is 8.66. The fourth-order valence-electron chi connectivity index (χ4n) is 4.95. The maximum absolute atomic E-state index is 12.9. The normalized spacial score (nSPS) is 24.6. The molecule has 2 aromatic rings. The molecule has 1 amide bonds. The number of carbonyl (C=O) groups is 1. The lowest BCUT2D eigenvalue weighted by atomic mass is 9.91. The molecule has 0 bridgehead atoms. The van der Waals surface area contributed by atoms with Crippen molar-refractivity contribution in [2.45, 2.75) is 50.5 Å². The molecule has 8 nitrogen and oxygen atoms in total. The Morgan fingerprint density at radius 2 is 2.00 bits per heavy atom. The van der Waals surface area contributed by atoms with Gasteiger partial charge in [0, 0.05) is 63.7 Å². The van der Waals surface area contributed by atoms with E-state index in [2.05, 4.69) is 9.88 Å². The molecular formula is C22H30N6O2. The number of rotatable bonds is 4. The summed E-state index contributed by atoms with van der Waals surface area (Å²) in [5, 5.41) is 4.80. The third-order valence-corrected chi connectivity index (χ3v) is 6.49. The molecule has 30 heavy (non-hydrogen) atoms. The highest BCUT2D eigenvalue weighted by molar-refractivity contribution is 5.81. The van der Waals surface area contributed by atoms with E-state index in [-0.39, 0.29) is 17.9 Å². The number of hydrogen-bond donors (Lipinski definition) is 0. The van der Waals surface area contributed by atoms with Gasteiger partial charge in [0.05, 0.1) is 11.4 Å². The van der Waals surface area contributed by atoms with Crippen molar-refractivity contribution >= 4 is 11.9 Å². The summed E-state index contributed by atoms with van der Waals surface area (Å²) >= 11 is 0. The molecule has 0 saturated carbocycles. The monoisotopic (exact) mass is 410 g/mol. The molecule has 5 heterocycles. The van der Waals surface area contributed by atoms with Gasteiger partial charge in [-0.25, -0.2) is 9.97 Å². The third kappa shape index (κ3) is 3.80. The predicted octanol–water partition coefficient (Wildman–Crippen LogP) is 2.36. The van der Waals surface area contributed by atoms with Gasteiger partial charge < -0.3 is 14.5 Å². The second kappa shape index (κ2) is 8.34. The average Bonchev–Trinajstić information content (AvgIpc) is 3.55. The van der Waals surface area contributed by atoms with Crippen LogP contribution < -0.4 is 4.90 Å². The van der Waals surface area contributed by atoms with E-state index in [1.165, 1.54) is 12.8 Å². The van der Waals surface area contributed by atoms with Gasteiger partial charge in [0.15, 0.2) is 0 Å². The number of piperidine rings is 1. The first-order valence-electron chi connectivity index (χ1n) is 11.2. The van der Waals surface area contributed by atoms with Gasteiger partial charge in [0.2, 0.25) is 5.95 Å². The Balaban J connectivity index is 1.39. The van der Waals surface area contributed by atoms with Crippen molar-refractivity contribution in [3.8, 4) is 11.3 Å². The molecule has 3 fully saturated rings. The van der Waals surface area contributed by atoms with E-state index in [0.717, 1.165) is 68.2 Å². The summed E-state index contributed by atoms with van der Waals surface area (Å²) in [6, 6.07) is 1.97. The first-order valence-corrected chi connectivity index (χ1v) is 11.2. The molecule has 3 aliphatic rings. The van der Waals surface area contributed by atoms with E-state index in [0.29, 0.717) is 13.2 Å². The maximum Gasteiger partial charge on any atom is 0.251 e. The molecule has 0 radical (unpaired) electrons. The van der Waals surface area contributed by atoms with Crippen LogP contribution >= 0.6 is 0 Å². The molecule has 0 aromatic carbocycles. The van der Waals surface area contributed by atoms with Crippen LogP contribution in [0.1, 0.15) is 50.1 Å². The number of aromatic nitrogens is 4. The van der Waals surface area contributed by atoms with E-state index in [1.54, 1.807) is 0 Å². The minimum absolute atomic E-state index is 0.146. The van der Waals surface area contributed by atoms with Gasteiger partial charge in [0.1, 0.15) is 6.10 Å². The molecule has 160 valence electrons. The molecule has 2 aromatic heterocycles. The van der Waals surface area contributed by atoms with Crippen molar-refractivity contribution < 1.29 is 9.53 Å². The quantitative estimate of drug-likeness (QED) is 0.770. The Kier molecular flexibility index (Phi) is 5.41. The van der Waals surface area contributed by atoms with Crippen molar-refractivity contribution in [1.29, 1.82) is 0 Å². The lowest BCUT2D eigenvalue weighted by molar-refractivity contribution is -0.142. The summed E-state index contributed by atoms with van der Waals surface area (Å²) in [4.78, 5) is 26.5. The largest absolute Gasteiger partial charge is 0.368 e. The SMILES string of the molecule is Cn1cc(-c2ccnc(N3CCCC3)n2)c([C@@H]2CCCN(C(=O)[C@H]3CCCO3)C2)n1. The van der Waals surface area contributed by atoms with Gasteiger partial charge in [-0.15, -0.1) is 0 Å². The highest BCUT2D eigenvalue weighted by Gasteiger charge is 2.33. The number of carbonyl (C=O) groups excluding carboxylic acids is 1. The van der Waals surface area contributed by atoms with Crippen molar-refractivity contribution in [1.82, 2.24) is 24.6 Å². The molecule has 0 N–H and O–H groups in total. The summed E-state index contributed by atoms with van der Waals surface area (Å²) in [5.41, 5.74) is 3.00. The number of likely N-dealkylation sites (tertiary alicyclic amines) is 1. The van der Waals surface area contributed by atoms with Crippen LogP contribution in [0.25, 0.3) is 11.3 Å². The van der Waals surface area contributed by atoms with Crippen LogP contribution in [0.2, 0.25) is 0 Å². The van der Waals surface area contributed by atoms with Crippen LogP contribution in [-0.4, -0.2) is 69.4 Å². The van der Waals surface area contributed by atoms with E-state index in [9.17, 15) is 4.79 Å². The summed E-state index contributed by atoms with van der Waals surface area (Å²) in [5.74, 6) is 1.16. The van der Waals surface area contributed by atoms with Crippen LogP contribution in [0.3, 0.4) is 0 Å². The number of ether oxygens (including phenoxy) is 1. The highest BCUT2D eigenvalue weighted by atomic mass is 16.5. The predicted molar refractivity (Wildman–Crippen MR) is 113 cm³/mol. The van der Waals surface area contributed by atoms with Crippen molar-refractivity contribution in [2.24, 2.45) is 7.05 Å². The molecule has 2 atom stereocenters. The number of nitrogens with zero attached hydrogens (tertiary/aromatic N) is 6. The lowest BCUT2D eigenvalue weighted by Gasteiger charge is -2.33. The zero-order chi connectivity index (χ0) is 20.5. The Bertz CT molecular complexity index is 901.